The minimum atomic E-state index is -3.44. The van der Waals surface area contributed by atoms with Crippen LogP contribution in [0, 0.1) is 13.8 Å². The minimum absolute atomic E-state index is 0.0919. The van der Waals surface area contributed by atoms with Crippen molar-refractivity contribution in [2.75, 3.05) is 29.4 Å². The molecule has 0 aliphatic carbocycles. The number of aryl methyl sites for hydroxylation is 2. The summed E-state index contributed by atoms with van der Waals surface area (Å²) in [6, 6.07) is 11.1. The van der Waals surface area contributed by atoms with E-state index in [1.165, 1.54) is 10.6 Å². The van der Waals surface area contributed by atoms with Crippen LogP contribution < -0.4 is 9.62 Å². The zero-order valence-corrected chi connectivity index (χ0v) is 21.1. The molecule has 0 aliphatic rings. The van der Waals surface area contributed by atoms with E-state index in [0.29, 0.717) is 34.5 Å². The Labute approximate surface area is 199 Å². The number of hydrogen-bond donors (Lipinski definition) is 1. The van der Waals surface area contributed by atoms with Gasteiger partial charge >= 0.3 is 0 Å². The van der Waals surface area contributed by atoms with Gasteiger partial charge < -0.3 is 5.32 Å². The Morgan fingerprint density at radius 1 is 1.13 bits per heavy atom. The smallest absolute Gasteiger partial charge is 0.232 e. The molecule has 1 amide bonds. The van der Waals surface area contributed by atoms with Gasteiger partial charge in [-0.05, 0) is 55.2 Å². The summed E-state index contributed by atoms with van der Waals surface area (Å²) in [6.07, 6.45) is 1.89. The topological polar surface area (TPSA) is 66.5 Å². The first-order chi connectivity index (χ1) is 14.6. The first-order valence-electron chi connectivity index (χ1n) is 9.92. The number of benzene rings is 2. The molecular weight excluding hydrogens is 475 g/mol. The van der Waals surface area contributed by atoms with Gasteiger partial charge in [-0.15, -0.1) is 0 Å². The van der Waals surface area contributed by atoms with Gasteiger partial charge in [0.2, 0.25) is 15.9 Å². The maximum atomic E-state index is 12.3. The third-order valence-electron chi connectivity index (χ3n) is 4.68. The van der Waals surface area contributed by atoms with E-state index in [1.54, 1.807) is 11.8 Å². The maximum Gasteiger partial charge on any atom is 0.232 e. The maximum absolute atomic E-state index is 12.3. The third kappa shape index (κ3) is 8.22. The van der Waals surface area contributed by atoms with Crippen LogP contribution in [0.2, 0.25) is 10.0 Å². The van der Waals surface area contributed by atoms with Gasteiger partial charge in [-0.25, -0.2) is 8.42 Å². The molecule has 0 spiro atoms. The highest BCUT2D eigenvalue weighted by Crippen LogP contribution is 2.28. The number of anilines is 1. The lowest BCUT2D eigenvalue weighted by molar-refractivity contribution is -0.121. The summed E-state index contributed by atoms with van der Waals surface area (Å²) in [5, 5.41) is 4.16. The van der Waals surface area contributed by atoms with Crippen LogP contribution in [0.1, 0.15) is 29.5 Å². The Balaban J connectivity index is 1.76. The zero-order valence-electron chi connectivity index (χ0n) is 18.0. The van der Waals surface area contributed by atoms with Gasteiger partial charge in [0.15, 0.2) is 0 Å². The summed E-state index contributed by atoms with van der Waals surface area (Å²) < 4.78 is 25.9. The molecule has 2 rings (SSSR count). The SMILES string of the molecule is Cc1ccc(C)c(N(CCCC(=O)NCCSCc2c(Cl)cccc2Cl)S(C)(=O)=O)c1. The third-order valence-corrected chi connectivity index (χ3v) is 7.55. The summed E-state index contributed by atoms with van der Waals surface area (Å²) in [5.41, 5.74) is 3.44. The number of halogens is 2. The van der Waals surface area contributed by atoms with E-state index in [0.717, 1.165) is 22.4 Å². The van der Waals surface area contributed by atoms with E-state index in [9.17, 15) is 13.2 Å². The summed E-state index contributed by atoms with van der Waals surface area (Å²) >= 11 is 13.9. The molecule has 2 aromatic rings. The molecule has 0 saturated heterocycles. The molecule has 0 unspecified atom stereocenters. The average molecular weight is 504 g/mol. The van der Waals surface area contributed by atoms with Gasteiger partial charge in [-0.3, -0.25) is 9.10 Å². The van der Waals surface area contributed by atoms with Crippen molar-refractivity contribution in [2.24, 2.45) is 0 Å². The summed E-state index contributed by atoms with van der Waals surface area (Å²) in [4.78, 5) is 12.1. The fourth-order valence-corrected chi connectivity index (χ4v) is 5.64. The van der Waals surface area contributed by atoms with Crippen molar-refractivity contribution >= 4 is 56.6 Å². The fraction of sp³-hybridized carbons (Fsp3) is 0.409. The molecule has 9 heteroatoms. The molecule has 31 heavy (non-hydrogen) atoms. The summed E-state index contributed by atoms with van der Waals surface area (Å²) in [7, 11) is -3.44. The molecule has 0 bridgehead atoms. The number of nitrogens with one attached hydrogen (secondary N) is 1. The molecule has 0 saturated carbocycles. The second kappa shape index (κ2) is 12.0. The van der Waals surface area contributed by atoms with Crippen molar-refractivity contribution < 1.29 is 13.2 Å². The van der Waals surface area contributed by atoms with E-state index in [-0.39, 0.29) is 18.9 Å². The number of rotatable bonds is 11. The largest absolute Gasteiger partial charge is 0.355 e. The van der Waals surface area contributed by atoms with Crippen molar-refractivity contribution in [1.29, 1.82) is 0 Å². The molecule has 0 atom stereocenters. The van der Waals surface area contributed by atoms with Gasteiger partial charge in [0.1, 0.15) is 0 Å². The minimum Gasteiger partial charge on any atom is -0.355 e. The van der Waals surface area contributed by atoms with Crippen LogP contribution in [0.4, 0.5) is 5.69 Å². The van der Waals surface area contributed by atoms with Crippen LogP contribution >= 0.6 is 35.0 Å². The Morgan fingerprint density at radius 2 is 1.81 bits per heavy atom. The lowest BCUT2D eigenvalue weighted by atomic mass is 10.1. The molecule has 2 aromatic carbocycles. The van der Waals surface area contributed by atoms with Gasteiger partial charge in [0, 0.05) is 41.1 Å². The van der Waals surface area contributed by atoms with Gasteiger partial charge in [-0.1, -0.05) is 41.4 Å². The number of amides is 1. The van der Waals surface area contributed by atoms with Gasteiger partial charge in [-0.2, -0.15) is 11.8 Å². The number of thioether (sulfide) groups is 1. The predicted molar refractivity (Wildman–Crippen MR) is 133 cm³/mol. The Hall–Kier alpha value is -1.41. The van der Waals surface area contributed by atoms with E-state index in [2.05, 4.69) is 5.32 Å². The Bertz CT molecular complexity index is 994. The molecular formula is C22H28Cl2N2O3S2. The first-order valence-corrected chi connectivity index (χ1v) is 13.7. The van der Waals surface area contributed by atoms with Crippen molar-refractivity contribution in [3.8, 4) is 0 Å². The van der Waals surface area contributed by atoms with Crippen LogP contribution in [0.25, 0.3) is 0 Å². The predicted octanol–water partition coefficient (Wildman–Crippen LogP) is 5.21. The average Bonchev–Trinajstić information content (AvgIpc) is 2.68. The highest BCUT2D eigenvalue weighted by Gasteiger charge is 2.19. The van der Waals surface area contributed by atoms with E-state index < -0.39 is 10.0 Å². The lowest BCUT2D eigenvalue weighted by Crippen LogP contribution is -2.33. The van der Waals surface area contributed by atoms with Crippen LogP contribution in [0.3, 0.4) is 0 Å². The Morgan fingerprint density at radius 3 is 2.45 bits per heavy atom. The fourth-order valence-electron chi connectivity index (χ4n) is 3.03. The number of nitrogens with zero attached hydrogens (tertiary/aromatic N) is 1. The quantitative estimate of drug-likeness (QED) is 0.428. The normalized spacial score (nSPS) is 11.4. The molecule has 0 heterocycles. The van der Waals surface area contributed by atoms with Gasteiger partial charge in [0.05, 0.1) is 11.9 Å². The van der Waals surface area contributed by atoms with Crippen LogP contribution in [-0.4, -0.2) is 39.4 Å². The van der Waals surface area contributed by atoms with E-state index >= 15 is 0 Å². The highest BCUT2D eigenvalue weighted by molar-refractivity contribution is 7.98. The van der Waals surface area contributed by atoms with Crippen molar-refractivity contribution in [3.63, 3.8) is 0 Å². The zero-order chi connectivity index (χ0) is 23.0. The van der Waals surface area contributed by atoms with Crippen LogP contribution in [0.5, 0.6) is 0 Å². The van der Waals surface area contributed by atoms with Crippen LogP contribution in [-0.2, 0) is 20.6 Å². The first kappa shape index (κ1) is 25.8. The molecule has 1 N–H and O–H groups in total. The van der Waals surface area contributed by atoms with Crippen molar-refractivity contribution in [1.82, 2.24) is 5.32 Å². The monoisotopic (exact) mass is 502 g/mol. The van der Waals surface area contributed by atoms with Crippen molar-refractivity contribution in [3.05, 3.63) is 63.1 Å². The number of sulfonamides is 1. The van der Waals surface area contributed by atoms with E-state index in [4.69, 9.17) is 23.2 Å². The molecule has 170 valence electrons. The van der Waals surface area contributed by atoms with Crippen LogP contribution in [0.15, 0.2) is 36.4 Å². The Kier molecular flexibility index (Phi) is 10.0. The lowest BCUT2D eigenvalue weighted by Gasteiger charge is -2.24. The standard InChI is InChI=1S/C22H28Cl2N2O3S2/c1-16-9-10-17(2)21(14-16)26(31(3,28)29)12-5-8-22(27)25-11-13-30-15-18-19(23)6-4-7-20(18)24/h4,6-7,9-10,14H,5,8,11-13,15H2,1-3H3,(H,25,27). The molecule has 0 aliphatic heterocycles. The molecule has 0 aromatic heterocycles. The summed E-state index contributed by atoms with van der Waals surface area (Å²) in [5.74, 6) is 1.31. The second-order valence-electron chi connectivity index (χ2n) is 7.33. The summed E-state index contributed by atoms with van der Waals surface area (Å²) in [6.45, 7) is 4.59. The number of carbonyl (C=O) groups is 1. The molecule has 0 fully saturated rings. The number of hydrogen-bond acceptors (Lipinski definition) is 4. The van der Waals surface area contributed by atoms with Gasteiger partial charge in [0.25, 0.3) is 0 Å². The van der Waals surface area contributed by atoms with Crippen molar-refractivity contribution in [2.45, 2.75) is 32.4 Å². The highest BCUT2D eigenvalue weighted by atomic mass is 35.5. The molecule has 5 nitrogen and oxygen atoms in total. The second-order valence-corrected chi connectivity index (χ2v) is 11.2. The molecule has 0 radical (unpaired) electrons. The number of carbonyl (C=O) groups excluding carboxylic acids is 1. The van der Waals surface area contributed by atoms with E-state index in [1.807, 2.05) is 50.2 Å².